The van der Waals surface area contributed by atoms with E-state index in [0.717, 1.165) is 11.3 Å². The van der Waals surface area contributed by atoms with Crippen LogP contribution in [-0.2, 0) is 0 Å². The molecule has 0 aliphatic heterocycles. The Labute approximate surface area is 129 Å². The van der Waals surface area contributed by atoms with Crippen LogP contribution in [0.4, 0.5) is 0 Å². The van der Waals surface area contributed by atoms with Crippen molar-refractivity contribution in [3.05, 3.63) is 56.7 Å². The molecule has 2 aromatic rings. The van der Waals surface area contributed by atoms with Crippen LogP contribution in [0.1, 0.15) is 36.6 Å². The largest absolute Gasteiger partial charge is 0.294 e. The number of hydrogen-bond donors (Lipinski definition) is 2. The number of halogens is 1. The Balaban J connectivity index is 1.95. The maximum absolute atomic E-state index is 11.8. The number of ketones is 1. The van der Waals surface area contributed by atoms with Gasteiger partial charge in [0.05, 0.1) is 9.75 Å². The molecule has 0 aliphatic carbocycles. The van der Waals surface area contributed by atoms with Gasteiger partial charge in [0, 0.05) is 10.6 Å². The molecule has 0 bridgehead atoms. The van der Waals surface area contributed by atoms with Gasteiger partial charge < -0.3 is 0 Å². The molecule has 1 aromatic heterocycles. The number of Topliss-reactive ketones (excluding diaryl/α,β-unsaturated/α-hetero) is 1. The quantitative estimate of drug-likeness (QED) is 0.674. The van der Waals surface area contributed by atoms with Gasteiger partial charge in [-0.05, 0) is 43.3 Å². The summed E-state index contributed by atoms with van der Waals surface area (Å²) >= 11 is 6.79. The van der Waals surface area contributed by atoms with Gasteiger partial charge in [0.25, 0.3) is 11.8 Å². The van der Waals surface area contributed by atoms with Crippen molar-refractivity contribution in [2.24, 2.45) is 0 Å². The number of hydrazine groups is 1. The molecule has 2 rings (SSSR count). The fraction of sp³-hybridized carbons (Fsp3) is 0.0714. The van der Waals surface area contributed by atoms with Crippen molar-refractivity contribution >= 4 is 40.5 Å². The van der Waals surface area contributed by atoms with E-state index < -0.39 is 11.8 Å². The summed E-state index contributed by atoms with van der Waals surface area (Å²) in [6.07, 6.45) is 0. The highest BCUT2D eigenvalue weighted by molar-refractivity contribution is 7.15. The lowest BCUT2D eigenvalue weighted by atomic mass is 10.2. The standard InChI is InChI=1S/C14H11ClN2O3S/c1-8(18)11-6-7-12(21-11)14(20)17-16-13(19)9-2-4-10(15)5-3-9/h2-7H,1H3,(H,16,19)(H,17,20). The zero-order valence-corrected chi connectivity index (χ0v) is 12.5. The molecule has 7 heteroatoms. The van der Waals surface area contributed by atoms with Crippen molar-refractivity contribution < 1.29 is 14.4 Å². The molecule has 0 atom stereocenters. The average Bonchev–Trinajstić information content (AvgIpc) is 2.95. The first-order valence-electron chi connectivity index (χ1n) is 5.94. The van der Waals surface area contributed by atoms with Crippen molar-refractivity contribution in [3.63, 3.8) is 0 Å². The van der Waals surface area contributed by atoms with Crippen molar-refractivity contribution in [2.75, 3.05) is 0 Å². The molecule has 0 unspecified atom stereocenters. The van der Waals surface area contributed by atoms with E-state index in [9.17, 15) is 14.4 Å². The first-order chi connectivity index (χ1) is 9.97. The number of amides is 2. The molecule has 0 saturated heterocycles. The second-order valence-corrected chi connectivity index (χ2v) is 5.66. The lowest BCUT2D eigenvalue weighted by molar-refractivity contribution is 0.0849. The molecule has 21 heavy (non-hydrogen) atoms. The molecule has 0 saturated carbocycles. The van der Waals surface area contributed by atoms with Gasteiger partial charge in [0.2, 0.25) is 0 Å². The topological polar surface area (TPSA) is 75.3 Å². The summed E-state index contributed by atoms with van der Waals surface area (Å²) in [4.78, 5) is 35.6. The molecule has 2 N–H and O–H groups in total. The summed E-state index contributed by atoms with van der Waals surface area (Å²) in [5.74, 6) is -1.04. The molecule has 0 fully saturated rings. The summed E-state index contributed by atoms with van der Waals surface area (Å²) in [6.45, 7) is 1.43. The van der Waals surface area contributed by atoms with E-state index >= 15 is 0 Å². The highest BCUT2D eigenvalue weighted by atomic mass is 35.5. The summed E-state index contributed by atoms with van der Waals surface area (Å²) in [5.41, 5.74) is 4.96. The van der Waals surface area contributed by atoms with Crippen molar-refractivity contribution in [2.45, 2.75) is 6.92 Å². The number of nitrogens with one attached hydrogen (secondary N) is 2. The molecule has 2 amide bonds. The molecule has 0 aliphatic rings. The van der Waals surface area contributed by atoms with Crippen LogP contribution in [-0.4, -0.2) is 17.6 Å². The minimum atomic E-state index is -0.477. The van der Waals surface area contributed by atoms with Gasteiger partial charge in [-0.15, -0.1) is 11.3 Å². The molecule has 5 nitrogen and oxygen atoms in total. The lowest BCUT2D eigenvalue weighted by Gasteiger charge is -2.06. The van der Waals surface area contributed by atoms with Crippen molar-refractivity contribution in [1.29, 1.82) is 0 Å². The Morgan fingerprint density at radius 1 is 0.905 bits per heavy atom. The first kappa shape index (κ1) is 15.2. The van der Waals surface area contributed by atoms with Crippen molar-refractivity contribution in [3.8, 4) is 0 Å². The maximum Gasteiger partial charge on any atom is 0.279 e. The van der Waals surface area contributed by atoms with Crippen LogP contribution in [0.5, 0.6) is 0 Å². The number of hydrogen-bond acceptors (Lipinski definition) is 4. The smallest absolute Gasteiger partial charge is 0.279 e. The third-order valence-corrected chi connectivity index (χ3v) is 4.01. The van der Waals surface area contributed by atoms with Gasteiger partial charge in [-0.3, -0.25) is 25.2 Å². The molecule has 1 aromatic carbocycles. The second-order valence-electron chi connectivity index (χ2n) is 4.14. The zero-order chi connectivity index (χ0) is 15.4. The van der Waals surface area contributed by atoms with E-state index in [1.54, 1.807) is 30.3 Å². The molecular formula is C14H11ClN2O3S. The fourth-order valence-corrected chi connectivity index (χ4v) is 2.42. The zero-order valence-electron chi connectivity index (χ0n) is 11.0. The summed E-state index contributed by atoms with van der Waals surface area (Å²) in [7, 11) is 0. The predicted molar refractivity (Wildman–Crippen MR) is 80.7 cm³/mol. The first-order valence-corrected chi connectivity index (χ1v) is 7.14. The van der Waals surface area contributed by atoms with Crippen LogP contribution in [0.25, 0.3) is 0 Å². The highest BCUT2D eigenvalue weighted by Crippen LogP contribution is 2.16. The molecule has 0 spiro atoms. The Hall–Kier alpha value is -2.18. The van der Waals surface area contributed by atoms with Crippen molar-refractivity contribution in [1.82, 2.24) is 10.9 Å². The van der Waals surface area contributed by atoms with E-state index in [0.29, 0.717) is 20.3 Å². The number of carbonyl (C=O) groups is 3. The summed E-state index contributed by atoms with van der Waals surface area (Å²) < 4.78 is 0. The molecule has 1 heterocycles. The molecular weight excluding hydrogens is 312 g/mol. The van der Waals surface area contributed by atoms with Crippen LogP contribution in [0.2, 0.25) is 5.02 Å². The van der Waals surface area contributed by atoms with Gasteiger partial charge >= 0.3 is 0 Å². The third kappa shape index (κ3) is 3.90. The monoisotopic (exact) mass is 322 g/mol. The maximum atomic E-state index is 11.8. The normalized spacial score (nSPS) is 10.0. The Morgan fingerprint density at radius 2 is 1.48 bits per heavy atom. The van der Waals surface area contributed by atoms with Crippen LogP contribution >= 0.6 is 22.9 Å². The lowest BCUT2D eigenvalue weighted by Crippen LogP contribution is -2.41. The Bertz CT molecular complexity index is 694. The highest BCUT2D eigenvalue weighted by Gasteiger charge is 2.12. The van der Waals surface area contributed by atoms with Gasteiger partial charge in [-0.25, -0.2) is 0 Å². The van der Waals surface area contributed by atoms with E-state index in [-0.39, 0.29) is 5.78 Å². The predicted octanol–water partition coefficient (Wildman–Crippen LogP) is 2.68. The van der Waals surface area contributed by atoms with E-state index in [2.05, 4.69) is 10.9 Å². The summed E-state index contributed by atoms with van der Waals surface area (Å²) in [5, 5.41) is 0.519. The number of thiophene rings is 1. The van der Waals surface area contributed by atoms with Gasteiger partial charge in [-0.2, -0.15) is 0 Å². The van der Waals surface area contributed by atoms with E-state index in [1.165, 1.54) is 13.0 Å². The molecule has 0 radical (unpaired) electrons. The number of carbonyl (C=O) groups excluding carboxylic acids is 3. The van der Waals surface area contributed by atoms with Gasteiger partial charge in [0.1, 0.15) is 0 Å². The second kappa shape index (κ2) is 6.51. The minimum absolute atomic E-state index is 0.107. The fourth-order valence-electron chi connectivity index (χ4n) is 1.50. The van der Waals surface area contributed by atoms with Crippen LogP contribution < -0.4 is 10.9 Å². The van der Waals surface area contributed by atoms with Gasteiger partial charge in [0.15, 0.2) is 5.78 Å². The molecule has 108 valence electrons. The number of benzene rings is 1. The van der Waals surface area contributed by atoms with E-state index in [4.69, 9.17) is 11.6 Å². The van der Waals surface area contributed by atoms with Crippen LogP contribution in [0, 0.1) is 0 Å². The SMILES string of the molecule is CC(=O)c1ccc(C(=O)NNC(=O)c2ccc(Cl)cc2)s1. The van der Waals surface area contributed by atoms with Gasteiger partial charge in [-0.1, -0.05) is 11.6 Å². The minimum Gasteiger partial charge on any atom is -0.294 e. The van der Waals surface area contributed by atoms with Crippen LogP contribution in [0.3, 0.4) is 0 Å². The Kier molecular flexibility index (Phi) is 4.72. The van der Waals surface area contributed by atoms with E-state index in [1.807, 2.05) is 0 Å². The summed E-state index contributed by atoms with van der Waals surface area (Å²) in [6, 6.07) is 9.35. The van der Waals surface area contributed by atoms with Crippen LogP contribution in [0.15, 0.2) is 36.4 Å². The third-order valence-electron chi connectivity index (χ3n) is 2.57. The number of rotatable bonds is 3. The Morgan fingerprint density at radius 3 is 2.05 bits per heavy atom. The average molecular weight is 323 g/mol.